The Hall–Kier alpha value is -1.30. The molecule has 5 nitrogen and oxygen atoms in total. The van der Waals surface area contributed by atoms with Gasteiger partial charge in [0.2, 0.25) is 5.91 Å². The monoisotopic (exact) mass is 273 g/mol. The van der Waals surface area contributed by atoms with Crippen LogP contribution in [0.4, 0.5) is 5.69 Å². The van der Waals surface area contributed by atoms with Gasteiger partial charge in [-0.05, 0) is 28.4 Å². The maximum absolute atomic E-state index is 11.7. The molecule has 4 N–H and O–H groups in total. The number of anilines is 1. The predicted molar refractivity (Wildman–Crippen MR) is 61.3 cm³/mol. The van der Waals surface area contributed by atoms with Crippen LogP contribution in [-0.4, -0.2) is 10.5 Å². The second-order valence-corrected chi connectivity index (χ2v) is 4.01. The van der Waals surface area contributed by atoms with Crippen LogP contribution < -0.4 is 17.0 Å². The Kier molecular flexibility index (Phi) is 3.52. The molecule has 15 heavy (non-hydrogen) atoms. The normalized spacial score (nSPS) is 12.4. The average Bonchev–Trinajstić information content (AvgIpc) is 2.13. The van der Waals surface area contributed by atoms with Crippen molar-refractivity contribution in [2.45, 2.75) is 19.4 Å². The predicted octanol–water partition coefficient (Wildman–Crippen LogP) is 0.629. The molecule has 0 fully saturated rings. The Morgan fingerprint density at radius 1 is 1.67 bits per heavy atom. The minimum atomic E-state index is -0.655. The fourth-order valence-corrected chi connectivity index (χ4v) is 1.82. The number of carbonyl (C=O) groups excluding carboxylic acids is 1. The molecule has 1 unspecified atom stereocenters. The van der Waals surface area contributed by atoms with Crippen LogP contribution in [0.1, 0.15) is 19.4 Å². The number of pyridine rings is 1. The number of nitrogens with zero attached hydrogens (tertiary/aromatic N) is 1. The zero-order valence-electron chi connectivity index (χ0n) is 8.24. The maximum atomic E-state index is 11.7. The van der Waals surface area contributed by atoms with Gasteiger partial charge in [-0.1, -0.05) is 6.92 Å². The molecule has 1 aromatic heterocycles. The van der Waals surface area contributed by atoms with Crippen LogP contribution in [-0.2, 0) is 4.79 Å². The fourth-order valence-electron chi connectivity index (χ4n) is 1.35. The first-order valence-electron chi connectivity index (χ1n) is 4.43. The van der Waals surface area contributed by atoms with Crippen LogP contribution in [0.25, 0.3) is 0 Å². The highest BCUT2D eigenvalue weighted by Gasteiger charge is 2.17. The summed E-state index contributed by atoms with van der Waals surface area (Å²) in [7, 11) is 0. The van der Waals surface area contributed by atoms with Crippen molar-refractivity contribution in [1.82, 2.24) is 4.57 Å². The quantitative estimate of drug-likeness (QED) is 0.846. The number of aromatic nitrogens is 1. The standard InChI is InChI=1S/C9H12BrN3O2/c1-2-7(8(12)14)13-4-5(11)3-6(10)9(13)15/h3-4,7H,2,11H2,1H3,(H2,12,14). The lowest BCUT2D eigenvalue weighted by Crippen LogP contribution is -2.33. The van der Waals surface area contributed by atoms with E-state index in [9.17, 15) is 9.59 Å². The lowest BCUT2D eigenvalue weighted by atomic mass is 10.2. The van der Waals surface area contributed by atoms with Crippen LogP contribution >= 0.6 is 15.9 Å². The van der Waals surface area contributed by atoms with E-state index in [0.29, 0.717) is 16.6 Å². The van der Waals surface area contributed by atoms with Crippen molar-refractivity contribution in [1.29, 1.82) is 0 Å². The molecule has 0 aliphatic heterocycles. The highest BCUT2D eigenvalue weighted by molar-refractivity contribution is 9.10. The minimum absolute atomic E-state index is 0.310. The van der Waals surface area contributed by atoms with Crippen molar-refractivity contribution in [3.8, 4) is 0 Å². The molecule has 1 aromatic rings. The molecule has 0 aliphatic rings. The number of hydrogen-bond acceptors (Lipinski definition) is 3. The Morgan fingerprint density at radius 3 is 2.73 bits per heavy atom. The van der Waals surface area contributed by atoms with Crippen molar-refractivity contribution < 1.29 is 4.79 Å². The minimum Gasteiger partial charge on any atom is -0.398 e. The summed E-state index contributed by atoms with van der Waals surface area (Å²) in [5.74, 6) is -0.544. The summed E-state index contributed by atoms with van der Waals surface area (Å²) >= 11 is 3.08. The molecule has 0 saturated carbocycles. The molecule has 0 radical (unpaired) electrons. The second kappa shape index (κ2) is 4.48. The average molecular weight is 274 g/mol. The van der Waals surface area contributed by atoms with Gasteiger partial charge in [0.15, 0.2) is 0 Å². The first-order chi connectivity index (χ1) is 6.97. The molecule has 82 valence electrons. The van der Waals surface area contributed by atoms with Crippen LogP contribution in [0.3, 0.4) is 0 Å². The molecular formula is C9H12BrN3O2. The number of carbonyl (C=O) groups is 1. The molecule has 0 spiro atoms. The smallest absolute Gasteiger partial charge is 0.265 e. The van der Waals surface area contributed by atoms with Gasteiger partial charge in [-0.15, -0.1) is 0 Å². The molecular weight excluding hydrogens is 262 g/mol. The topological polar surface area (TPSA) is 91.1 Å². The lowest BCUT2D eigenvalue weighted by Gasteiger charge is -2.15. The third kappa shape index (κ3) is 2.38. The number of hydrogen-bond donors (Lipinski definition) is 2. The molecule has 6 heteroatoms. The van der Waals surface area contributed by atoms with E-state index in [1.807, 2.05) is 0 Å². The van der Waals surface area contributed by atoms with Crippen LogP contribution in [0, 0.1) is 0 Å². The van der Waals surface area contributed by atoms with Crippen LogP contribution in [0.5, 0.6) is 0 Å². The van der Waals surface area contributed by atoms with Gasteiger partial charge in [0.25, 0.3) is 5.56 Å². The summed E-state index contributed by atoms with van der Waals surface area (Å²) in [4.78, 5) is 22.8. The third-order valence-electron chi connectivity index (χ3n) is 2.07. The first kappa shape index (κ1) is 11.8. The lowest BCUT2D eigenvalue weighted by molar-refractivity contribution is -0.121. The van der Waals surface area contributed by atoms with E-state index in [2.05, 4.69) is 15.9 Å². The van der Waals surface area contributed by atoms with Crippen molar-refractivity contribution in [2.75, 3.05) is 5.73 Å². The van der Waals surface area contributed by atoms with E-state index in [-0.39, 0.29) is 5.56 Å². The maximum Gasteiger partial charge on any atom is 0.265 e. The molecule has 0 bridgehead atoms. The summed E-state index contributed by atoms with van der Waals surface area (Å²) in [6.07, 6.45) is 1.87. The summed E-state index contributed by atoms with van der Waals surface area (Å²) in [5, 5.41) is 0. The van der Waals surface area contributed by atoms with Gasteiger partial charge in [0.05, 0.1) is 4.47 Å². The number of amides is 1. The fraction of sp³-hybridized carbons (Fsp3) is 0.333. The molecule has 1 amide bonds. The summed E-state index contributed by atoms with van der Waals surface area (Å²) in [6.45, 7) is 1.78. The van der Waals surface area contributed by atoms with E-state index in [1.54, 1.807) is 6.92 Å². The number of primary amides is 1. The van der Waals surface area contributed by atoms with Crippen molar-refractivity contribution in [3.05, 3.63) is 27.1 Å². The van der Waals surface area contributed by atoms with Gasteiger partial charge in [0, 0.05) is 11.9 Å². The first-order valence-corrected chi connectivity index (χ1v) is 5.23. The Balaban J connectivity index is 3.35. The van der Waals surface area contributed by atoms with Gasteiger partial charge in [-0.2, -0.15) is 0 Å². The van der Waals surface area contributed by atoms with E-state index in [0.717, 1.165) is 0 Å². The van der Waals surface area contributed by atoms with Gasteiger partial charge in [-0.3, -0.25) is 9.59 Å². The summed E-state index contributed by atoms with van der Waals surface area (Å²) < 4.78 is 1.57. The van der Waals surface area contributed by atoms with E-state index < -0.39 is 11.9 Å². The highest BCUT2D eigenvalue weighted by Crippen LogP contribution is 2.14. The highest BCUT2D eigenvalue weighted by atomic mass is 79.9. The SMILES string of the molecule is CCC(C(N)=O)n1cc(N)cc(Br)c1=O. The molecule has 0 aromatic carbocycles. The number of nitrogen functional groups attached to an aromatic ring is 1. The Bertz CT molecular complexity index is 441. The number of rotatable bonds is 3. The molecule has 0 aliphatic carbocycles. The zero-order chi connectivity index (χ0) is 11.6. The summed E-state index contributed by atoms with van der Waals surface area (Å²) in [6, 6.07) is 0.837. The number of halogens is 1. The van der Waals surface area contributed by atoms with Crippen LogP contribution in [0.2, 0.25) is 0 Å². The summed E-state index contributed by atoms with van der Waals surface area (Å²) in [5.41, 5.74) is 10.9. The van der Waals surface area contributed by atoms with Crippen molar-refractivity contribution in [3.63, 3.8) is 0 Å². The van der Waals surface area contributed by atoms with E-state index >= 15 is 0 Å². The molecule has 0 saturated heterocycles. The Morgan fingerprint density at radius 2 is 2.27 bits per heavy atom. The largest absolute Gasteiger partial charge is 0.398 e. The van der Waals surface area contributed by atoms with Gasteiger partial charge in [-0.25, -0.2) is 0 Å². The number of nitrogens with two attached hydrogens (primary N) is 2. The van der Waals surface area contributed by atoms with Gasteiger partial charge < -0.3 is 16.0 Å². The third-order valence-corrected chi connectivity index (χ3v) is 2.64. The van der Waals surface area contributed by atoms with E-state index in [1.165, 1.54) is 16.8 Å². The zero-order valence-corrected chi connectivity index (χ0v) is 9.82. The van der Waals surface area contributed by atoms with E-state index in [4.69, 9.17) is 11.5 Å². The van der Waals surface area contributed by atoms with Gasteiger partial charge in [0.1, 0.15) is 6.04 Å². The molecule has 1 heterocycles. The van der Waals surface area contributed by atoms with Crippen molar-refractivity contribution in [2.24, 2.45) is 5.73 Å². The van der Waals surface area contributed by atoms with Crippen molar-refractivity contribution >= 4 is 27.5 Å². The molecule has 1 rings (SSSR count). The van der Waals surface area contributed by atoms with Gasteiger partial charge >= 0.3 is 0 Å². The second-order valence-electron chi connectivity index (χ2n) is 3.16. The molecule has 1 atom stereocenters. The Labute approximate surface area is 95.2 Å². The van der Waals surface area contributed by atoms with Crippen LogP contribution in [0.15, 0.2) is 21.5 Å².